The number of rotatable bonds is 7. The van der Waals surface area contributed by atoms with Crippen molar-refractivity contribution in [2.24, 2.45) is 5.41 Å². The minimum atomic E-state index is -0.0669. The van der Waals surface area contributed by atoms with Crippen molar-refractivity contribution in [3.63, 3.8) is 0 Å². The van der Waals surface area contributed by atoms with Gasteiger partial charge in [-0.1, -0.05) is 60.8 Å². The van der Waals surface area contributed by atoms with Crippen molar-refractivity contribution in [1.29, 1.82) is 0 Å². The second-order valence-corrected chi connectivity index (χ2v) is 5.42. The smallest absolute Gasteiger partial charge is 0.126 e. The van der Waals surface area contributed by atoms with Crippen molar-refractivity contribution in [1.82, 2.24) is 0 Å². The molecule has 1 unspecified atom stereocenters. The van der Waals surface area contributed by atoms with Gasteiger partial charge in [0.1, 0.15) is 5.82 Å². The molecule has 0 N–H and O–H groups in total. The first kappa shape index (κ1) is 14.7. The van der Waals surface area contributed by atoms with Gasteiger partial charge in [0, 0.05) is 5.33 Å². The van der Waals surface area contributed by atoms with Crippen LogP contribution in [0.2, 0.25) is 0 Å². The van der Waals surface area contributed by atoms with Crippen LogP contribution in [0.3, 0.4) is 0 Å². The Labute approximate surface area is 113 Å². The highest BCUT2D eigenvalue weighted by atomic mass is 79.9. The fraction of sp³-hybridized carbons (Fsp3) is 0.600. The van der Waals surface area contributed by atoms with Crippen molar-refractivity contribution in [3.8, 4) is 0 Å². The van der Waals surface area contributed by atoms with Gasteiger partial charge >= 0.3 is 0 Å². The molecule has 0 amide bonds. The third-order valence-electron chi connectivity index (χ3n) is 3.62. The molecular weight excluding hydrogens is 279 g/mol. The van der Waals surface area contributed by atoms with Crippen LogP contribution in [0, 0.1) is 11.2 Å². The molecule has 0 aliphatic carbocycles. The Bertz CT molecular complexity index is 331. The van der Waals surface area contributed by atoms with E-state index in [0.29, 0.717) is 0 Å². The Morgan fingerprint density at radius 3 is 2.47 bits per heavy atom. The highest BCUT2D eigenvalue weighted by Gasteiger charge is 2.27. The van der Waals surface area contributed by atoms with Gasteiger partial charge in [0.15, 0.2) is 0 Å². The molecule has 1 atom stereocenters. The van der Waals surface area contributed by atoms with Crippen LogP contribution in [0.4, 0.5) is 4.39 Å². The maximum absolute atomic E-state index is 13.7. The summed E-state index contributed by atoms with van der Waals surface area (Å²) in [5.41, 5.74) is 1.06. The molecule has 0 saturated heterocycles. The molecule has 0 nitrogen and oxygen atoms in total. The summed E-state index contributed by atoms with van der Waals surface area (Å²) in [7, 11) is 0. The average Bonchev–Trinajstić information content (AvgIpc) is 2.37. The summed E-state index contributed by atoms with van der Waals surface area (Å²) in [6.45, 7) is 4.41. The lowest BCUT2D eigenvalue weighted by Crippen LogP contribution is -2.25. The number of hydrogen-bond donors (Lipinski definition) is 0. The molecule has 0 heterocycles. The van der Waals surface area contributed by atoms with E-state index in [9.17, 15) is 4.39 Å². The second kappa shape index (κ2) is 7.15. The monoisotopic (exact) mass is 300 g/mol. The number of halogens is 2. The molecule has 1 aromatic rings. The van der Waals surface area contributed by atoms with Gasteiger partial charge in [-0.25, -0.2) is 4.39 Å². The summed E-state index contributed by atoms with van der Waals surface area (Å²) in [5.74, 6) is -0.0669. The zero-order valence-corrected chi connectivity index (χ0v) is 12.4. The van der Waals surface area contributed by atoms with Gasteiger partial charge in [-0.2, -0.15) is 0 Å². The van der Waals surface area contributed by atoms with Crippen molar-refractivity contribution < 1.29 is 4.39 Å². The van der Waals surface area contributed by atoms with E-state index in [1.807, 2.05) is 12.1 Å². The zero-order valence-electron chi connectivity index (χ0n) is 10.8. The van der Waals surface area contributed by atoms with E-state index in [2.05, 4.69) is 29.8 Å². The Balaban J connectivity index is 2.82. The molecule has 1 aromatic carbocycles. The molecule has 0 aliphatic rings. The molecule has 0 bridgehead atoms. The summed E-state index contributed by atoms with van der Waals surface area (Å²) < 4.78 is 13.7. The fourth-order valence-corrected chi connectivity index (χ4v) is 3.07. The minimum absolute atomic E-state index is 0.0669. The van der Waals surface area contributed by atoms with E-state index in [1.165, 1.54) is 19.3 Å². The zero-order chi connectivity index (χ0) is 12.7. The van der Waals surface area contributed by atoms with Gasteiger partial charge in [-0.05, 0) is 36.3 Å². The van der Waals surface area contributed by atoms with Gasteiger partial charge in [0.05, 0.1) is 0 Å². The molecular formula is C15H22BrF. The molecule has 1 rings (SSSR count). The summed E-state index contributed by atoms with van der Waals surface area (Å²) in [6, 6.07) is 7.15. The van der Waals surface area contributed by atoms with Crippen LogP contribution in [0.15, 0.2) is 24.3 Å². The second-order valence-electron chi connectivity index (χ2n) is 4.86. The normalized spacial score (nSPS) is 14.6. The SMILES string of the molecule is CCCCC(CC)(CBr)Cc1ccccc1F. The molecule has 0 aromatic heterocycles. The number of benzene rings is 1. The van der Waals surface area contributed by atoms with Gasteiger partial charge in [-0.3, -0.25) is 0 Å². The van der Waals surface area contributed by atoms with Gasteiger partial charge < -0.3 is 0 Å². The molecule has 2 heteroatoms. The van der Waals surface area contributed by atoms with E-state index < -0.39 is 0 Å². The highest BCUT2D eigenvalue weighted by Crippen LogP contribution is 2.35. The molecule has 0 radical (unpaired) electrons. The van der Waals surface area contributed by atoms with Crippen LogP contribution >= 0.6 is 15.9 Å². The highest BCUT2D eigenvalue weighted by molar-refractivity contribution is 9.09. The number of alkyl halides is 1. The Morgan fingerprint density at radius 2 is 1.94 bits per heavy atom. The maximum Gasteiger partial charge on any atom is 0.126 e. The largest absolute Gasteiger partial charge is 0.207 e. The van der Waals surface area contributed by atoms with E-state index in [0.717, 1.165) is 23.7 Å². The van der Waals surface area contributed by atoms with Crippen LogP contribution in [0.1, 0.15) is 45.1 Å². The first-order valence-corrected chi connectivity index (χ1v) is 7.59. The van der Waals surface area contributed by atoms with Crippen molar-refractivity contribution in [2.45, 2.75) is 46.0 Å². The van der Waals surface area contributed by atoms with Crippen molar-refractivity contribution in [2.75, 3.05) is 5.33 Å². The summed E-state index contributed by atoms with van der Waals surface area (Å²) >= 11 is 3.62. The fourth-order valence-electron chi connectivity index (χ4n) is 2.20. The Morgan fingerprint density at radius 1 is 1.24 bits per heavy atom. The third kappa shape index (κ3) is 4.09. The summed E-state index contributed by atoms with van der Waals surface area (Å²) in [6.07, 6.45) is 5.51. The van der Waals surface area contributed by atoms with Crippen molar-refractivity contribution in [3.05, 3.63) is 35.6 Å². The number of unbranched alkanes of at least 4 members (excludes halogenated alkanes) is 1. The van der Waals surface area contributed by atoms with Crippen molar-refractivity contribution >= 4 is 15.9 Å². The topological polar surface area (TPSA) is 0 Å². The molecule has 0 fully saturated rings. The summed E-state index contributed by atoms with van der Waals surface area (Å²) in [4.78, 5) is 0. The van der Waals surface area contributed by atoms with Crippen LogP contribution < -0.4 is 0 Å². The van der Waals surface area contributed by atoms with E-state index in [-0.39, 0.29) is 11.2 Å². The predicted molar refractivity (Wildman–Crippen MR) is 76.1 cm³/mol. The first-order valence-electron chi connectivity index (χ1n) is 6.47. The van der Waals surface area contributed by atoms with Crippen LogP contribution in [-0.2, 0) is 6.42 Å². The lowest BCUT2D eigenvalue weighted by atomic mass is 9.77. The molecule has 0 spiro atoms. The standard InChI is InChI=1S/C15H22BrF/c1-3-5-10-15(4-2,12-16)11-13-8-6-7-9-14(13)17/h6-9H,3-5,10-12H2,1-2H3. The molecule has 17 heavy (non-hydrogen) atoms. The van der Waals surface area contributed by atoms with Crippen LogP contribution in [0.5, 0.6) is 0 Å². The van der Waals surface area contributed by atoms with E-state index in [1.54, 1.807) is 12.1 Å². The van der Waals surface area contributed by atoms with E-state index in [4.69, 9.17) is 0 Å². The molecule has 0 saturated carbocycles. The minimum Gasteiger partial charge on any atom is -0.207 e. The lowest BCUT2D eigenvalue weighted by molar-refractivity contribution is 0.280. The predicted octanol–water partition coefficient (Wildman–Crippen LogP) is 5.35. The van der Waals surface area contributed by atoms with Crippen LogP contribution in [0.25, 0.3) is 0 Å². The quantitative estimate of drug-likeness (QED) is 0.596. The molecule has 0 aliphatic heterocycles. The lowest BCUT2D eigenvalue weighted by Gasteiger charge is -2.31. The third-order valence-corrected chi connectivity index (χ3v) is 4.81. The average molecular weight is 301 g/mol. The maximum atomic E-state index is 13.7. The van der Waals surface area contributed by atoms with E-state index >= 15 is 0 Å². The first-order chi connectivity index (χ1) is 8.17. The molecule has 96 valence electrons. The van der Waals surface area contributed by atoms with Crippen LogP contribution in [-0.4, -0.2) is 5.33 Å². The van der Waals surface area contributed by atoms with Gasteiger partial charge in [-0.15, -0.1) is 0 Å². The Kier molecular flexibility index (Phi) is 6.18. The van der Waals surface area contributed by atoms with Gasteiger partial charge in [0.2, 0.25) is 0 Å². The Hall–Kier alpha value is -0.370. The summed E-state index contributed by atoms with van der Waals surface area (Å²) in [5, 5.41) is 0.949. The van der Waals surface area contributed by atoms with Gasteiger partial charge in [0.25, 0.3) is 0 Å². The number of hydrogen-bond acceptors (Lipinski definition) is 0.